The topological polar surface area (TPSA) is 61.2 Å². The monoisotopic (exact) mass is 300 g/mol. The number of hydrogen-bond acceptors (Lipinski definition) is 4. The van der Waals surface area contributed by atoms with Crippen LogP contribution in [0.15, 0.2) is 29.4 Å². The summed E-state index contributed by atoms with van der Waals surface area (Å²) in [6.07, 6.45) is 2.81. The minimum atomic E-state index is -3.76. The molecule has 0 unspecified atom stereocenters. The lowest BCUT2D eigenvalue weighted by molar-refractivity contribution is 0.402. The summed E-state index contributed by atoms with van der Waals surface area (Å²) in [4.78, 5) is 3.93. The lowest BCUT2D eigenvalue weighted by Crippen LogP contribution is -2.15. The fraction of sp³-hybridized carbons (Fsp3) is 0.250. The van der Waals surface area contributed by atoms with Crippen LogP contribution < -0.4 is 4.74 Å². The molecule has 2 aromatic rings. The van der Waals surface area contributed by atoms with Crippen LogP contribution in [0.5, 0.6) is 5.75 Å². The van der Waals surface area contributed by atoms with E-state index in [1.807, 2.05) is 0 Å². The summed E-state index contributed by atoms with van der Waals surface area (Å²) in [5, 5.41) is 0.372. The van der Waals surface area contributed by atoms with Gasteiger partial charge in [-0.2, -0.15) is 0 Å². The molecule has 0 fully saturated rings. The maximum atomic E-state index is 12.5. The van der Waals surface area contributed by atoms with Crippen LogP contribution in [0.25, 0.3) is 0 Å². The molecule has 0 N–H and O–H groups in total. The Kier molecular flexibility index (Phi) is 3.56. The number of imidazole rings is 1. The second-order valence-electron chi connectivity index (χ2n) is 4.03. The Morgan fingerprint density at radius 1 is 1.32 bits per heavy atom. The molecule has 19 heavy (non-hydrogen) atoms. The van der Waals surface area contributed by atoms with E-state index in [1.54, 1.807) is 19.9 Å². The molecule has 7 heteroatoms. The minimum absolute atomic E-state index is 0.0201. The SMILES string of the molecule is COc1cc(C)c(Cl)cc1S(=O)(=O)n1ccnc1C. The van der Waals surface area contributed by atoms with Gasteiger partial charge in [0.25, 0.3) is 10.0 Å². The van der Waals surface area contributed by atoms with Gasteiger partial charge in [0.15, 0.2) is 0 Å². The molecular formula is C12H13ClN2O3S. The normalized spacial score (nSPS) is 11.6. The van der Waals surface area contributed by atoms with Crippen molar-refractivity contribution < 1.29 is 13.2 Å². The number of halogens is 1. The van der Waals surface area contributed by atoms with Crippen LogP contribution >= 0.6 is 11.6 Å². The number of rotatable bonds is 3. The van der Waals surface area contributed by atoms with Crippen molar-refractivity contribution in [3.63, 3.8) is 0 Å². The zero-order valence-corrected chi connectivity index (χ0v) is 12.3. The van der Waals surface area contributed by atoms with E-state index in [0.717, 1.165) is 9.54 Å². The summed E-state index contributed by atoms with van der Waals surface area (Å²) >= 11 is 6.01. The Morgan fingerprint density at radius 2 is 2.00 bits per heavy atom. The molecule has 1 aromatic heterocycles. The average Bonchev–Trinajstić information content (AvgIpc) is 2.79. The number of hydrogen-bond donors (Lipinski definition) is 0. The molecule has 0 saturated carbocycles. The van der Waals surface area contributed by atoms with Crippen LogP contribution in [-0.4, -0.2) is 24.5 Å². The number of aromatic nitrogens is 2. The van der Waals surface area contributed by atoms with Gasteiger partial charge < -0.3 is 4.74 Å². The predicted molar refractivity (Wildman–Crippen MR) is 72.3 cm³/mol. The Balaban J connectivity index is 2.71. The average molecular weight is 301 g/mol. The summed E-state index contributed by atoms with van der Waals surface area (Å²) in [5.74, 6) is 0.633. The van der Waals surface area contributed by atoms with Gasteiger partial charge in [0.1, 0.15) is 16.5 Å². The van der Waals surface area contributed by atoms with Gasteiger partial charge in [-0.25, -0.2) is 17.4 Å². The maximum Gasteiger partial charge on any atom is 0.272 e. The molecule has 0 radical (unpaired) electrons. The molecule has 1 heterocycles. The largest absolute Gasteiger partial charge is 0.495 e. The smallest absolute Gasteiger partial charge is 0.272 e. The quantitative estimate of drug-likeness (QED) is 0.873. The predicted octanol–water partition coefficient (Wildman–Crippen LogP) is 2.40. The fourth-order valence-electron chi connectivity index (χ4n) is 1.72. The van der Waals surface area contributed by atoms with E-state index in [4.69, 9.17) is 16.3 Å². The molecule has 0 atom stereocenters. The summed E-state index contributed by atoms with van der Waals surface area (Å²) < 4.78 is 31.3. The summed E-state index contributed by atoms with van der Waals surface area (Å²) in [5.41, 5.74) is 0.750. The van der Waals surface area contributed by atoms with Gasteiger partial charge in [-0.3, -0.25) is 0 Å². The molecular weight excluding hydrogens is 288 g/mol. The van der Waals surface area contributed by atoms with E-state index in [9.17, 15) is 8.42 Å². The highest BCUT2D eigenvalue weighted by Crippen LogP contribution is 2.31. The van der Waals surface area contributed by atoms with Crippen LogP contribution in [0, 0.1) is 13.8 Å². The van der Waals surface area contributed by atoms with Gasteiger partial charge in [0, 0.05) is 17.4 Å². The second-order valence-corrected chi connectivity index (χ2v) is 6.22. The van der Waals surface area contributed by atoms with E-state index in [2.05, 4.69) is 4.98 Å². The molecule has 0 aliphatic rings. The number of nitrogens with zero attached hydrogens (tertiary/aromatic N) is 2. The van der Waals surface area contributed by atoms with Gasteiger partial charge in [-0.1, -0.05) is 11.6 Å². The third-order valence-electron chi connectivity index (χ3n) is 2.76. The molecule has 0 amide bonds. The second kappa shape index (κ2) is 4.86. The van der Waals surface area contributed by atoms with E-state index in [1.165, 1.54) is 25.6 Å². The first-order valence-electron chi connectivity index (χ1n) is 5.47. The lowest BCUT2D eigenvalue weighted by Gasteiger charge is -2.13. The fourth-order valence-corrected chi connectivity index (χ4v) is 3.44. The van der Waals surface area contributed by atoms with Crippen molar-refractivity contribution in [3.8, 4) is 5.75 Å². The van der Waals surface area contributed by atoms with Crippen molar-refractivity contribution in [1.82, 2.24) is 8.96 Å². The standard InChI is InChI=1S/C12H13ClN2O3S/c1-8-6-11(18-3)12(7-10(8)13)19(16,17)15-5-4-14-9(15)2/h4-7H,1-3H3. The van der Waals surface area contributed by atoms with Gasteiger partial charge >= 0.3 is 0 Å². The molecule has 102 valence electrons. The lowest BCUT2D eigenvalue weighted by atomic mass is 10.2. The molecule has 5 nitrogen and oxygen atoms in total. The van der Waals surface area contributed by atoms with Gasteiger partial charge in [0.05, 0.1) is 7.11 Å². The maximum absolute atomic E-state index is 12.5. The Hall–Kier alpha value is -1.53. The van der Waals surface area contributed by atoms with E-state index in [0.29, 0.717) is 10.8 Å². The number of aryl methyl sites for hydroxylation is 2. The van der Waals surface area contributed by atoms with Crippen molar-refractivity contribution in [3.05, 3.63) is 40.9 Å². The highest BCUT2D eigenvalue weighted by atomic mass is 35.5. The molecule has 2 rings (SSSR count). The molecule has 0 aliphatic carbocycles. The summed E-state index contributed by atoms with van der Waals surface area (Å²) in [6, 6.07) is 2.99. The van der Waals surface area contributed by atoms with Crippen LogP contribution in [0.3, 0.4) is 0 Å². The van der Waals surface area contributed by atoms with Crippen LogP contribution in [-0.2, 0) is 10.0 Å². The zero-order chi connectivity index (χ0) is 14.2. The van der Waals surface area contributed by atoms with Crippen molar-refractivity contribution in [2.75, 3.05) is 7.11 Å². The van der Waals surface area contributed by atoms with Gasteiger partial charge in [-0.15, -0.1) is 0 Å². The van der Waals surface area contributed by atoms with Crippen LogP contribution in [0.2, 0.25) is 5.02 Å². The zero-order valence-electron chi connectivity index (χ0n) is 10.7. The van der Waals surface area contributed by atoms with Crippen molar-refractivity contribution in [2.24, 2.45) is 0 Å². The van der Waals surface area contributed by atoms with Gasteiger partial charge in [0.2, 0.25) is 0 Å². The van der Waals surface area contributed by atoms with Crippen LogP contribution in [0.1, 0.15) is 11.4 Å². The molecule has 1 aromatic carbocycles. The Morgan fingerprint density at radius 3 is 2.53 bits per heavy atom. The third kappa shape index (κ3) is 2.33. The molecule has 0 saturated heterocycles. The number of benzene rings is 1. The summed E-state index contributed by atoms with van der Waals surface area (Å²) in [6.45, 7) is 3.39. The van der Waals surface area contributed by atoms with Crippen molar-refractivity contribution in [2.45, 2.75) is 18.7 Å². The van der Waals surface area contributed by atoms with Gasteiger partial charge in [-0.05, 0) is 31.5 Å². The van der Waals surface area contributed by atoms with Crippen LogP contribution in [0.4, 0.5) is 0 Å². The third-order valence-corrected chi connectivity index (χ3v) is 4.95. The Labute approximate surface area is 116 Å². The van der Waals surface area contributed by atoms with E-state index in [-0.39, 0.29) is 10.6 Å². The highest BCUT2D eigenvalue weighted by molar-refractivity contribution is 7.90. The van der Waals surface area contributed by atoms with E-state index < -0.39 is 10.0 Å². The van der Waals surface area contributed by atoms with E-state index >= 15 is 0 Å². The number of methoxy groups -OCH3 is 1. The first kappa shape index (κ1) is 13.9. The number of ether oxygens (including phenoxy) is 1. The molecule has 0 bridgehead atoms. The Bertz CT molecular complexity index is 723. The van der Waals surface area contributed by atoms with Crippen molar-refractivity contribution >= 4 is 21.6 Å². The molecule has 0 aliphatic heterocycles. The first-order valence-corrected chi connectivity index (χ1v) is 7.29. The van der Waals surface area contributed by atoms with Crippen molar-refractivity contribution in [1.29, 1.82) is 0 Å². The first-order chi connectivity index (χ1) is 8.87. The highest BCUT2D eigenvalue weighted by Gasteiger charge is 2.24. The minimum Gasteiger partial charge on any atom is -0.495 e. The summed E-state index contributed by atoms with van der Waals surface area (Å²) in [7, 11) is -2.34. The molecule has 0 spiro atoms.